The van der Waals surface area contributed by atoms with E-state index in [0.717, 1.165) is 32.1 Å². The van der Waals surface area contributed by atoms with Gasteiger partial charge in [-0.1, -0.05) is 6.92 Å². The number of ketones is 1. The van der Waals surface area contributed by atoms with Crippen LogP contribution < -0.4 is 0 Å². The van der Waals surface area contributed by atoms with E-state index in [2.05, 4.69) is 6.92 Å². The molecule has 8 atom stereocenters. The minimum absolute atomic E-state index is 0.124. The Morgan fingerprint density at radius 3 is 2.55 bits per heavy atom. The fourth-order valence-electron chi connectivity index (χ4n) is 6.98. The molecule has 0 saturated heterocycles. The average molecular weight is 306 g/mol. The molecule has 2 N–H and O–H groups in total. The van der Waals surface area contributed by atoms with Crippen molar-refractivity contribution in [1.29, 1.82) is 0 Å². The second kappa shape index (κ2) is 4.80. The first-order valence-corrected chi connectivity index (χ1v) is 9.26. The number of fused-ring (bicyclic) bond motifs is 5. The first kappa shape index (κ1) is 15.1. The number of aliphatic hydroxyl groups excluding tert-OH is 2. The van der Waals surface area contributed by atoms with Gasteiger partial charge < -0.3 is 10.2 Å². The highest BCUT2D eigenvalue weighted by molar-refractivity contribution is 5.87. The molecule has 0 amide bonds. The summed E-state index contributed by atoms with van der Waals surface area (Å²) < 4.78 is 0. The normalized spacial score (nSPS) is 57.9. The van der Waals surface area contributed by atoms with E-state index in [1.165, 1.54) is 12.8 Å². The van der Waals surface area contributed by atoms with Crippen LogP contribution in [0.3, 0.4) is 0 Å². The first-order valence-electron chi connectivity index (χ1n) is 9.26. The third-order valence-electron chi connectivity index (χ3n) is 8.46. The molecule has 0 radical (unpaired) electrons. The Hall–Kier alpha value is -0.410. The highest BCUT2D eigenvalue weighted by Crippen LogP contribution is 2.65. The van der Waals surface area contributed by atoms with Gasteiger partial charge in [0.2, 0.25) is 0 Å². The Labute approximate surface area is 133 Å². The molecule has 22 heavy (non-hydrogen) atoms. The summed E-state index contributed by atoms with van der Waals surface area (Å²) in [6, 6.07) is 0. The van der Waals surface area contributed by atoms with Crippen LogP contribution >= 0.6 is 0 Å². The van der Waals surface area contributed by atoms with Gasteiger partial charge in [-0.05, 0) is 81.0 Å². The molecule has 124 valence electrons. The maximum absolute atomic E-state index is 12.4. The van der Waals surface area contributed by atoms with Crippen molar-refractivity contribution in [2.24, 2.45) is 34.5 Å². The number of carbonyl (C=O) groups excluding carboxylic acids is 1. The third-order valence-corrected chi connectivity index (χ3v) is 8.46. The van der Waals surface area contributed by atoms with Gasteiger partial charge in [-0.2, -0.15) is 0 Å². The zero-order valence-corrected chi connectivity index (χ0v) is 13.9. The van der Waals surface area contributed by atoms with Crippen molar-refractivity contribution in [2.75, 3.05) is 0 Å². The molecule has 0 bridgehead atoms. The summed E-state index contributed by atoms with van der Waals surface area (Å²) >= 11 is 0. The molecule has 0 aromatic heterocycles. The summed E-state index contributed by atoms with van der Waals surface area (Å²) in [5.74, 6) is 2.44. The van der Waals surface area contributed by atoms with Crippen LogP contribution in [0, 0.1) is 34.5 Å². The van der Waals surface area contributed by atoms with Gasteiger partial charge in [0.25, 0.3) is 0 Å². The van der Waals surface area contributed by atoms with E-state index in [1.807, 2.05) is 6.92 Å². The highest BCUT2D eigenvalue weighted by atomic mass is 16.3. The van der Waals surface area contributed by atoms with Crippen LogP contribution in [0.15, 0.2) is 0 Å². The summed E-state index contributed by atoms with van der Waals surface area (Å²) in [6.07, 6.45) is 7.19. The van der Waals surface area contributed by atoms with E-state index >= 15 is 0 Å². The van der Waals surface area contributed by atoms with Crippen molar-refractivity contribution in [3.8, 4) is 0 Å². The zero-order chi connectivity index (χ0) is 15.7. The van der Waals surface area contributed by atoms with Crippen molar-refractivity contribution < 1.29 is 15.0 Å². The van der Waals surface area contributed by atoms with Crippen molar-refractivity contribution in [3.05, 3.63) is 0 Å². The van der Waals surface area contributed by atoms with E-state index in [1.54, 1.807) is 0 Å². The second-order valence-electron chi connectivity index (χ2n) is 9.08. The van der Waals surface area contributed by atoms with Crippen LogP contribution in [0.1, 0.15) is 65.2 Å². The smallest absolute Gasteiger partial charge is 0.141 e. The number of rotatable bonds is 0. The summed E-state index contributed by atoms with van der Waals surface area (Å²) in [5.41, 5.74) is -0.214. The summed E-state index contributed by atoms with van der Waals surface area (Å²) in [4.78, 5) is 12.4. The molecular formula is C19H30O3. The topological polar surface area (TPSA) is 57.5 Å². The van der Waals surface area contributed by atoms with E-state index in [0.29, 0.717) is 35.9 Å². The Morgan fingerprint density at radius 1 is 1.00 bits per heavy atom. The highest BCUT2D eigenvalue weighted by Gasteiger charge is 2.63. The van der Waals surface area contributed by atoms with Crippen molar-refractivity contribution >= 4 is 5.78 Å². The Balaban J connectivity index is 1.68. The fraction of sp³-hybridized carbons (Fsp3) is 0.947. The molecule has 3 nitrogen and oxygen atoms in total. The molecule has 0 aliphatic heterocycles. The van der Waals surface area contributed by atoms with Crippen LogP contribution in [0.2, 0.25) is 0 Å². The molecule has 0 aromatic rings. The van der Waals surface area contributed by atoms with Crippen LogP contribution in [0.4, 0.5) is 0 Å². The molecular weight excluding hydrogens is 276 g/mol. The average Bonchev–Trinajstić information content (AvgIpc) is 2.79. The monoisotopic (exact) mass is 306 g/mol. The zero-order valence-electron chi connectivity index (χ0n) is 13.9. The molecule has 4 aliphatic carbocycles. The Morgan fingerprint density at radius 2 is 1.77 bits per heavy atom. The molecule has 3 heteroatoms. The standard InChI is InChI=1S/C19H30O3/c1-18-8-7-12(20)9-11(18)3-4-13-14-5-6-16(21)19(14,2)17(22)10-15(13)18/h11-15,17,20,22H,3-10H2,1-2H3. The van der Waals surface area contributed by atoms with Gasteiger partial charge in [0, 0.05) is 6.42 Å². The first-order chi connectivity index (χ1) is 10.4. The van der Waals surface area contributed by atoms with E-state index in [-0.39, 0.29) is 11.5 Å². The molecule has 0 aromatic carbocycles. The SMILES string of the molecule is CC12CCC(O)CC1CCC1C2CC(O)C2(C)C(=O)CCC12. The van der Waals surface area contributed by atoms with Crippen LogP contribution in [0.25, 0.3) is 0 Å². The van der Waals surface area contributed by atoms with Crippen molar-refractivity contribution in [1.82, 2.24) is 0 Å². The molecule has 4 aliphatic rings. The van der Waals surface area contributed by atoms with Gasteiger partial charge in [0.15, 0.2) is 0 Å². The van der Waals surface area contributed by atoms with Gasteiger partial charge in [-0.25, -0.2) is 0 Å². The minimum atomic E-state index is -0.474. The van der Waals surface area contributed by atoms with E-state index in [9.17, 15) is 15.0 Å². The lowest BCUT2D eigenvalue weighted by Gasteiger charge is -2.61. The Kier molecular flexibility index (Phi) is 3.30. The molecule has 8 unspecified atom stereocenters. The van der Waals surface area contributed by atoms with Crippen LogP contribution in [-0.4, -0.2) is 28.2 Å². The van der Waals surface area contributed by atoms with Gasteiger partial charge in [0.1, 0.15) is 5.78 Å². The largest absolute Gasteiger partial charge is 0.393 e. The van der Waals surface area contributed by atoms with Gasteiger partial charge in [-0.3, -0.25) is 4.79 Å². The summed E-state index contributed by atoms with van der Waals surface area (Å²) in [6.45, 7) is 4.44. The van der Waals surface area contributed by atoms with Gasteiger partial charge >= 0.3 is 0 Å². The number of carbonyl (C=O) groups is 1. The van der Waals surface area contributed by atoms with Crippen molar-refractivity contribution in [3.63, 3.8) is 0 Å². The molecule has 4 rings (SSSR count). The number of Topliss-reactive ketones (excluding diaryl/α,β-unsaturated/α-hetero) is 1. The van der Waals surface area contributed by atoms with Gasteiger partial charge in [-0.15, -0.1) is 0 Å². The van der Waals surface area contributed by atoms with Crippen LogP contribution in [0.5, 0.6) is 0 Å². The number of hydrogen-bond acceptors (Lipinski definition) is 3. The minimum Gasteiger partial charge on any atom is -0.393 e. The predicted octanol–water partition coefficient (Wildman–Crippen LogP) is 2.93. The fourth-order valence-corrected chi connectivity index (χ4v) is 6.98. The summed E-state index contributed by atoms with van der Waals surface area (Å²) in [5, 5.41) is 20.9. The quantitative estimate of drug-likeness (QED) is 0.723. The van der Waals surface area contributed by atoms with E-state index in [4.69, 9.17) is 0 Å². The van der Waals surface area contributed by atoms with Crippen molar-refractivity contribution in [2.45, 2.75) is 77.4 Å². The van der Waals surface area contributed by atoms with Crippen LogP contribution in [-0.2, 0) is 4.79 Å². The lowest BCUT2D eigenvalue weighted by Crippen LogP contribution is -2.58. The number of hydrogen-bond donors (Lipinski definition) is 2. The van der Waals surface area contributed by atoms with Gasteiger partial charge in [0.05, 0.1) is 17.6 Å². The molecule has 4 fully saturated rings. The lowest BCUT2D eigenvalue weighted by atomic mass is 9.44. The second-order valence-corrected chi connectivity index (χ2v) is 9.08. The lowest BCUT2D eigenvalue weighted by molar-refractivity contribution is -0.169. The third kappa shape index (κ3) is 1.78. The molecule has 0 heterocycles. The maximum Gasteiger partial charge on any atom is 0.141 e. The maximum atomic E-state index is 12.4. The number of aliphatic hydroxyl groups is 2. The predicted molar refractivity (Wildman–Crippen MR) is 84.1 cm³/mol. The van der Waals surface area contributed by atoms with E-state index < -0.39 is 11.5 Å². The Bertz CT molecular complexity index is 489. The molecule has 0 spiro atoms. The molecule has 4 saturated carbocycles. The summed E-state index contributed by atoms with van der Waals surface area (Å²) in [7, 11) is 0.